The number of aromatic nitrogens is 6. The first-order valence-corrected chi connectivity index (χ1v) is 18.9. The first-order chi connectivity index (χ1) is 27.6. The van der Waals surface area contributed by atoms with Crippen molar-refractivity contribution < 1.29 is 42.2 Å². The summed E-state index contributed by atoms with van der Waals surface area (Å²) in [6, 6.07) is 23.7. The number of carbonyl (C=O) groups is 1. The molecular formula is C43H34F3N7O2RuS2. The molecule has 58 heavy (non-hydrogen) atoms. The Labute approximate surface area is 355 Å². The number of alkyl halides is 3. The summed E-state index contributed by atoms with van der Waals surface area (Å²) in [6.45, 7) is 4.46. The molecule has 0 aliphatic rings. The molecule has 0 amide bonds. The number of ether oxygens (including phenoxy) is 1. The van der Waals surface area contributed by atoms with Gasteiger partial charge in [0, 0.05) is 47.4 Å². The summed E-state index contributed by atoms with van der Waals surface area (Å²) in [4.78, 5) is 30.1. The van der Waals surface area contributed by atoms with Gasteiger partial charge in [0.25, 0.3) is 6.47 Å². The number of halogens is 3. The Morgan fingerprint density at radius 3 is 2.26 bits per heavy atom. The van der Waals surface area contributed by atoms with Gasteiger partial charge in [-0.2, -0.15) is 18.3 Å². The van der Waals surface area contributed by atoms with Crippen molar-refractivity contribution in [2.75, 3.05) is 0 Å². The number of benzene rings is 1. The zero-order chi connectivity index (χ0) is 40.6. The maximum absolute atomic E-state index is 12.3. The van der Waals surface area contributed by atoms with Crippen LogP contribution in [0.25, 0.3) is 50.3 Å². The normalized spacial score (nSPS) is 10.4. The molecule has 0 spiro atoms. The topological polar surface area (TPSA) is 127 Å². The van der Waals surface area contributed by atoms with E-state index >= 15 is 0 Å². The van der Waals surface area contributed by atoms with Crippen LogP contribution < -0.4 is 9.84 Å². The van der Waals surface area contributed by atoms with Gasteiger partial charge < -0.3 is 20.3 Å². The van der Waals surface area contributed by atoms with Crippen LogP contribution in [-0.4, -0.2) is 36.7 Å². The van der Waals surface area contributed by atoms with Gasteiger partial charge >= 0.3 is 25.7 Å². The molecule has 0 radical (unpaired) electrons. The Hall–Kier alpha value is -5.77. The minimum Gasteiger partial charge on any atom is -0.753 e. The molecule has 6 heterocycles. The molecule has 6 aromatic heterocycles. The molecule has 294 valence electrons. The maximum atomic E-state index is 12.3. The quantitative estimate of drug-likeness (QED) is 0.0329. The fraction of sp³-hybridized carbons (Fsp3) is 0.186. The van der Waals surface area contributed by atoms with E-state index in [9.17, 15) is 18.0 Å². The predicted molar refractivity (Wildman–Crippen MR) is 220 cm³/mol. The molecule has 15 heteroatoms. The molecule has 0 saturated carbocycles. The molecule has 0 fully saturated rings. The molecule has 7 aromatic rings. The monoisotopic (exact) mass is 903 g/mol. The second-order valence-corrected chi connectivity index (χ2v) is 13.5. The largest absolute Gasteiger partial charge is 2.00 e. The average Bonchev–Trinajstić information content (AvgIpc) is 3.90. The molecule has 0 aliphatic heterocycles. The molecule has 0 saturated heterocycles. The van der Waals surface area contributed by atoms with Gasteiger partial charge in [0.15, 0.2) is 0 Å². The van der Waals surface area contributed by atoms with E-state index in [1.807, 2.05) is 55.6 Å². The van der Waals surface area contributed by atoms with Crippen LogP contribution in [0.15, 0.2) is 103 Å². The van der Waals surface area contributed by atoms with E-state index in [0.29, 0.717) is 40.7 Å². The molecule has 1 aromatic carbocycles. The number of hydrogen-bond acceptors (Lipinski definition) is 9. The molecule has 0 unspecified atom stereocenters. The average molecular weight is 903 g/mol. The summed E-state index contributed by atoms with van der Waals surface area (Å²) in [5.41, 5.74) is 5.09. The van der Waals surface area contributed by atoms with Gasteiger partial charge in [-0.15, -0.1) is 11.3 Å². The van der Waals surface area contributed by atoms with Crippen molar-refractivity contribution in [3.05, 3.63) is 136 Å². The minimum absolute atomic E-state index is 0. The van der Waals surface area contributed by atoms with E-state index in [0.717, 1.165) is 39.3 Å². The van der Waals surface area contributed by atoms with Crippen molar-refractivity contribution in [3.63, 3.8) is 0 Å². The van der Waals surface area contributed by atoms with Gasteiger partial charge in [-0.05, 0) is 84.1 Å². The van der Waals surface area contributed by atoms with Gasteiger partial charge in [0.1, 0.15) is 11.4 Å². The fourth-order valence-corrected chi connectivity index (χ4v) is 6.31. The molecule has 9 nitrogen and oxygen atoms in total. The van der Waals surface area contributed by atoms with Gasteiger partial charge in [-0.3, -0.25) is 19.7 Å². The zero-order valence-electron chi connectivity index (χ0n) is 31.2. The zero-order valence-corrected chi connectivity index (χ0v) is 34.5. The van der Waals surface area contributed by atoms with Crippen LogP contribution in [0.5, 0.6) is 5.75 Å². The third-order valence-electron chi connectivity index (χ3n) is 8.27. The Bertz CT molecular complexity index is 2540. The van der Waals surface area contributed by atoms with Gasteiger partial charge in [0.05, 0.1) is 27.7 Å². The summed E-state index contributed by atoms with van der Waals surface area (Å²) >= 11 is 5.38. The summed E-state index contributed by atoms with van der Waals surface area (Å²) in [5, 5.41) is 19.2. The van der Waals surface area contributed by atoms with E-state index in [4.69, 9.17) is 15.1 Å². The Balaban J connectivity index is 0.000000310. The molecule has 7 rings (SSSR count). The summed E-state index contributed by atoms with van der Waals surface area (Å²) < 4.78 is 42.0. The molecule has 0 bridgehead atoms. The number of unbranched alkanes of at least 4 members (excludes halogenated alkanes) is 3. The number of rotatable bonds is 10. The van der Waals surface area contributed by atoms with E-state index in [1.165, 1.54) is 42.6 Å². The van der Waals surface area contributed by atoms with Gasteiger partial charge in [-0.25, -0.2) is 4.98 Å². The third kappa shape index (κ3) is 12.9. The van der Waals surface area contributed by atoms with Crippen LogP contribution in [-0.2, 0) is 36.9 Å². The summed E-state index contributed by atoms with van der Waals surface area (Å²) in [5.74, 6) is 7.03. The van der Waals surface area contributed by atoms with E-state index in [-0.39, 0.29) is 25.2 Å². The van der Waals surface area contributed by atoms with Crippen LogP contribution in [0.1, 0.15) is 59.9 Å². The Morgan fingerprint density at radius 2 is 1.57 bits per heavy atom. The number of isothiocyanates is 1. The van der Waals surface area contributed by atoms with E-state index < -0.39 is 11.9 Å². The molecular weight excluding hydrogens is 869 g/mol. The first kappa shape index (κ1) is 44.9. The Morgan fingerprint density at radius 1 is 0.862 bits per heavy atom. The summed E-state index contributed by atoms with van der Waals surface area (Å²) in [7, 11) is 0. The smallest absolute Gasteiger partial charge is 0.753 e. The van der Waals surface area contributed by atoms with Crippen LogP contribution in [0.3, 0.4) is 0 Å². The minimum atomic E-state index is -4.46. The van der Waals surface area contributed by atoms with E-state index in [1.54, 1.807) is 41.8 Å². The fourth-order valence-electron chi connectivity index (χ4n) is 5.51. The standard InChI is InChI=1S/C32H27N3O2S.C10H7F3N3.CNS.Ru/c1-2-3-4-5-8-24-14-16-38-32(24)12-11-23-13-15-33-28(17-23)30-19-27(37-22-36)20-31(35-30)29-18-25-9-6-7-10-26(25)21-34-29;1-6-2-3-14-7(4-6)8-5-9(16-15-8)10(11,12)13;2-1-3;/h6-7,9-10,13-22H,2-5,8H2,1H3;2-5H,1H3;;/q;2*-1;+2. The van der Waals surface area contributed by atoms with Crippen LogP contribution >= 0.6 is 23.6 Å². The van der Waals surface area contributed by atoms with Crippen LogP contribution in [0.4, 0.5) is 13.2 Å². The number of nitrogens with zero attached hydrogens (tertiary/aromatic N) is 7. The Kier molecular flexibility index (Phi) is 17.2. The number of thiocarbonyl (C=S) groups is 1. The molecule has 0 atom stereocenters. The van der Waals surface area contributed by atoms with Crippen molar-refractivity contribution in [2.45, 2.75) is 52.1 Å². The van der Waals surface area contributed by atoms with Crippen molar-refractivity contribution in [2.24, 2.45) is 0 Å². The van der Waals surface area contributed by atoms with Crippen LogP contribution in [0, 0.1) is 18.8 Å². The van der Waals surface area contributed by atoms with Gasteiger partial charge in [-0.1, -0.05) is 80.2 Å². The number of fused-ring (bicyclic) bond motifs is 1. The molecule has 0 N–H and O–H groups in total. The van der Waals surface area contributed by atoms with Crippen molar-refractivity contribution in [3.8, 4) is 51.8 Å². The van der Waals surface area contributed by atoms with Crippen molar-refractivity contribution >= 4 is 46.0 Å². The van der Waals surface area contributed by atoms with E-state index in [2.05, 4.69) is 67.6 Å². The van der Waals surface area contributed by atoms with Crippen LogP contribution in [0.2, 0.25) is 0 Å². The maximum Gasteiger partial charge on any atom is 2.00 e. The number of pyridine rings is 4. The second-order valence-electron chi connectivity index (χ2n) is 12.4. The van der Waals surface area contributed by atoms with Crippen molar-refractivity contribution in [1.82, 2.24) is 30.1 Å². The predicted octanol–water partition coefficient (Wildman–Crippen LogP) is 10.6. The second kappa shape index (κ2) is 22.2. The molecule has 0 aliphatic carbocycles. The first-order valence-electron chi connectivity index (χ1n) is 17.7. The number of carbonyl (C=O) groups excluding carboxylic acids is 1. The number of thiophene rings is 1. The number of aryl methyl sites for hydroxylation is 2. The number of hydrogen-bond donors (Lipinski definition) is 0. The summed E-state index contributed by atoms with van der Waals surface area (Å²) in [6.07, 6.45) is 6.62. The van der Waals surface area contributed by atoms with Gasteiger partial charge in [0.2, 0.25) is 0 Å². The SMILES string of the molecule is CCCCCCc1ccsc1C#Cc1ccnc(-c2cc(OC=O)cc(-c3cc4ccccc4cn3)n2)c1.Cc1ccnc(-c2cc(C(F)(F)F)n[n-]2)c1.[N-]=C=S.[Ru+2]. The van der Waals surface area contributed by atoms with Crippen molar-refractivity contribution in [1.29, 1.82) is 0 Å². The third-order valence-corrected chi connectivity index (χ3v) is 9.14.